The maximum atomic E-state index is 13.4. The third-order valence-corrected chi connectivity index (χ3v) is 7.01. The summed E-state index contributed by atoms with van der Waals surface area (Å²) in [5.41, 5.74) is 5.16. The largest absolute Gasteiger partial charge is 0.467 e. The number of furan rings is 1. The van der Waals surface area contributed by atoms with Crippen molar-refractivity contribution in [2.75, 3.05) is 18.5 Å². The lowest BCUT2D eigenvalue weighted by molar-refractivity contribution is -0.121. The van der Waals surface area contributed by atoms with Gasteiger partial charge in [-0.05, 0) is 42.3 Å². The lowest BCUT2D eigenvalue weighted by Gasteiger charge is -2.46. The molecule has 2 aromatic carbocycles. The van der Waals surface area contributed by atoms with Gasteiger partial charge in [-0.3, -0.25) is 9.59 Å². The molecule has 2 amide bonds. The van der Waals surface area contributed by atoms with Crippen molar-refractivity contribution in [3.8, 4) is 0 Å². The van der Waals surface area contributed by atoms with Crippen LogP contribution in [0.15, 0.2) is 71.3 Å². The van der Waals surface area contributed by atoms with Crippen LogP contribution in [0.2, 0.25) is 0 Å². The molecule has 0 saturated heterocycles. The number of fused-ring (bicyclic) bond motifs is 6. The van der Waals surface area contributed by atoms with E-state index in [1.807, 2.05) is 47.4 Å². The molecule has 0 saturated carbocycles. The van der Waals surface area contributed by atoms with Gasteiger partial charge in [0.15, 0.2) is 0 Å². The summed E-state index contributed by atoms with van der Waals surface area (Å²) in [6.45, 7) is 1.58. The summed E-state index contributed by atoms with van der Waals surface area (Å²) in [4.78, 5) is 30.2. The van der Waals surface area contributed by atoms with Crippen LogP contribution < -0.4 is 10.2 Å². The summed E-state index contributed by atoms with van der Waals surface area (Å²) >= 11 is 0. The summed E-state index contributed by atoms with van der Waals surface area (Å²) in [6, 6.07) is 19.8. The topological polar surface area (TPSA) is 70.7 Å². The molecule has 34 heavy (non-hydrogen) atoms. The Morgan fingerprint density at radius 3 is 2.76 bits per heavy atom. The van der Waals surface area contributed by atoms with Crippen LogP contribution in [0.1, 0.15) is 40.0 Å². The maximum absolute atomic E-state index is 13.4. The normalized spacial score (nSPS) is 16.9. The van der Waals surface area contributed by atoms with Gasteiger partial charge < -0.3 is 24.1 Å². The number of hydrogen-bond acceptors (Lipinski definition) is 4. The quantitative estimate of drug-likeness (QED) is 0.493. The molecule has 1 atom stereocenters. The van der Waals surface area contributed by atoms with Gasteiger partial charge in [-0.1, -0.05) is 30.3 Å². The minimum absolute atomic E-state index is 0.0333. The molecule has 4 heterocycles. The fraction of sp³-hybridized carbons (Fsp3) is 0.259. The first-order valence-electron chi connectivity index (χ1n) is 11.7. The molecule has 7 nitrogen and oxygen atoms in total. The second kappa shape index (κ2) is 8.09. The summed E-state index contributed by atoms with van der Waals surface area (Å²) in [5, 5.41) is 4.14. The van der Waals surface area contributed by atoms with Gasteiger partial charge in [0.25, 0.3) is 5.91 Å². The first kappa shape index (κ1) is 20.6. The Balaban J connectivity index is 1.37. The van der Waals surface area contributed by atoms with E-state index in [-0.39, 0.29) is 18.0 Å². The first-order chi connectivity index (χ1) is 16.6. The van der Waals surface area contributed by atoms with Crippen LogP contribution in [-0.2, 0) is 24.3 Å². The molecule has 2 aliphatic heterocycles. The lowest BCUT2D eigenvalue weighted by Crippen LogP contribution is -2.51. The Kier molecular flexibility index (Phi) is 4.90. The SMILES string of the molecule is CN1c2ccccc2C(=O)N2CCc3c(n(CCC(=O)NCc4ccco4)c4ccccc34)[C@H]21. The van der Waals surface area contributed by atoms with E-state index >= 15 is 0 Å². The van der Waals surface area contributed by atoms with E-state index in [0.29, 0.717) is 26.1 Å². The number of rotatable bonds is 5. The van der Waals surface area contributed by atoms with E-state index in [0.717, 1.165) is 34.6 Å². The van der Waals surface area contributed by atoms with Crippen molar-refractivity contribution < 1.29 is 14.0 Å². The molecule has 7 heteroatoms. The average Bonchev–Trinajstić information content (AvgIpc) is 3.50. The van der Waals surface area contributed by atoms with E-state index in [9.17, 15) is 9.59 Å². The second-order valence-electron chi connectivity index (χ2n) is 8.89. The zero-order valence-corrected chi connectivity index (χ0v) is 19.0. The van der Waals surface area contributed by atoms with E-state index in [2.05, 4.69) is 40.0 Å². The Hall–Kier alpha value is -4.00. The van der Waals surface area contributed by atoms with E-state index < -0.39 is 0 Å². The number of carbonyl (C=O) groups is 2. The summed E-state index contributed by atoms with van der Waals surface area (Å²) in [6.07, 6.45) is 2.54. The van der Waals surface area contributed by atoms with Gasteiger partial charge in [-0.15, -0.1) is 0 Å². The Morgan fingerprint density at radius 1 is 1.09 bits per heavy atom. The number of nitrogens with zero attached hydrogens (tertiary/aromatic N) is 3. The number of para-hydroxylation sites is 2. The molecule has 2 aromatic heterocycles. The molecule has 172 valence electrons. The van der Waals surface area contributed by atoms with Crippen molar-refractivity contribution in [1.82, 2.24) is 14.8 Å². The van der Waals surface area contributed by atoms with Gasteiger partial charge in [0.05, 0.1) is 29.8 Å². The predicted octanol–water partition coefficient (Wildman–Crippen LogP) is 4.09. The highest BCUT2D eigenvalue weighted by Gasteiger charge is 2.42. The highest BCUT2D eigenvalue weighted by molar-refractivity contribution is 6.02. The lowest BCUT2D eigenvalue weighted by atomic mass is 9.96. The van der Waals surface area contributed by atoms with Crippen molar-refractivity contribution in [3.63, 3.8) is 0 Å². The number of carbonyl (C=O) groups excluding carboxylic acids is 2. The summed E-state index contributed by atoms with van der Waals surface area (Å²) in [7, 11) is 2.05. The van der Waals surface area contributed by atoms with Crippen LogP contribution in [0.4, 0.5) is 5.69 Å². The molecule has 0 fully saturated rings. The monoisotopic (exact) mass is 454 g/mol. The standard InChI is InChI=1S/C27H26N4O3/c1-29-22-10-4-3-9-21(22)27(33)31-14-12-20-19-8-2-5-11-23(19)30(25(20)26(29)31)15-13-24(32)28-17-18-7-6-16-34-18/h2-11,16,26H,12-15,17H2,1H3,(H,28,32)/t26-/m0/s1. The maximum Gasteiger partial charge on any atom is 0.257 e. The summed E-state index contributed by atoms with van der Waals surface area (Å²) in [5.74, 6) is 0.764. The smallest absolute Gasteiger partial charge is 0.257 e. The van der Waals surface area contributed by atoms with Crippen molar-refractivity contribution in [2.45, 2.75) is 32.1 Å². The summed E-state index contributed by atoms with van der Waals surface area (Å²) < 4.78 is 7.55. The number of amides is 2. The molecule has 1 N–H and O–H groups in total. The highest BCUT2D eigenvalue weighted by Crippen LogP contribution is 2.44. The minimum Gasteiger partial charge on any atom is -0.467 e. The van der Waals surface area contributed by atoms with Gasteiger partial charge in [-0.25, -0.2) is 0 Å². The molecule has 6 rings (SSSR count). The van der Waals surface area contributed by atoms with Gasteiger partial charge in [0, 0.05) is 37.5 Å². The number of anilines is 1. The van der Waals surface area contributed by atoms with Crippen LogP contribution in [0.3, 0.4) is 0 Å². The number of nitrogens with one attached hydrogen (secondary N) is 1. The van der Waals surface area contributed by atoms with Crippen LogP contribution in [0, 0.1) is 0 Å². The van der Waals surface area contributed by atoms with E-state index in [1.165, 1.54) is 10.9 Å². The minimum atomic E-state index is -0.204. The van der Waals surface area contributed by atoms with Gasteiger partial charge >= 0.3 is 0 Å². The fourth-order valence-corrected chi connectivity index (χ4v) is 5.45. The van der Waals surface area contributed by atoms with Crippen LogP contribution in [-0.4, -0.2) is 34.9 Å². The third kappa shape index (κ3) is 3.19. The molecule has 0 bridgehead atoms. The number of aryl methyl sites for hydroxylation is 1. The van der Waals surface area contributed by atoms with E-state index in [4.69, 9.17) is 4.42 Å². The zero-order valence-electron chi connectivity index (χ0n) is 19.0. The van der Waals surface area contributed by atoms with Gasteiger partial charge in [0.2, 0.25) is 5.91 Å². The Bertz CT molecular complexity index is 1390. The highest BCUT2D eigenvalue weighted by atomic mass is 16.3. The molecule has 0 radical (unpaired) electrons. The van der Waals surface area contributed by atoms with Crippen LogP contribution in [0.5, 0.6) is 0 Å². The molecule has 0 aliphatic carbocycles. The van der Waals surface area contributed by atoms with Crippen molar-refractivity contribution in [2.24, 2.45) is 0 Å². The van der Waals surface area contributed by atoms with Crippen LogP contribution >= 0.6 is 0 Å². The fourth-order valence-electron chi connectivity index (χ4n) is 5.45. The van der Waals surface area contributed by atoms with Crippen molar-refractivity contribution >= 4 is 28.4 Å². The molecule has 2 aliphatic rings. The predicted molar refractivity (Wildman–Crippen MR) is 129 cm³/mol. The van der Waals surface area contributed by atoms with Gasteiger partial charge in [-0.2, -0.15) is 0 Å². The molecular weight excluding hydrogens is 428 g/mol. The zero-order chi connectivity index (χ0) is 23.2. The second-order valence-corrected chi connectivity index (χ2v) is 8.89. The molecular formula is C27H26N4O3. The molecule has 0 spiro atoms. The van der Waals surface area contributed by atoms with Gasteiger partial charge in [0.1, 0.15) is 11.9 Å². The number of benzene rings is 2. The van der Waals surface area contributed by atoms with Crippen LogP contribution in [0.25, 0.3) is 10.9 Å². The molecule has 4 aromatic rings. The Labute approximate surface area is 197 Å². The molecule has 0 unspecified atom stereocenters. The third-order valence-electron chi connectivity index (χ3n) is 7.01. The Morgan fingerprint density at radius 2 is 1.91 bits per heavy atom. The number of aromatic nitrogens is 1. The first-order valence-corrected chi connectivity index (χ1v) is 11.7. The van der Waals surface area contributed by atoms with E-state index in [1.54, 1.807) is 6.26 Å². The number of hydrogen-bond donors (Lipinski definition) is 1. The van der Waals surface area contributed by atoms with Crippen molar-refractivity contribution in [3.05, 3.63) is 89.5 Å². The average molecular weight is 455 g/mol. The van der Waals surface area contributed by atoms with Crippen molar-refractivity contribution in [1.29, 1.82) is 0 Å².